The molecule has 0 unspecified atom stereocenters. The van der Waals surface area contributed by atoms with Crippen LogP contribution in [0.3, 0.4) is 0 Å². The van der Waals surface area contributed by atoms with Crippen LogP contribution in [0.2, 0.25) is 18.1 Å². The van der Waals surface area contributed by atoms with Crippen LogP contribution in [-0.4, -0.2) is 113 Å². The zero-order chi connectivity index (χ0) is 39.1. The second-order valence-electron chi connectivity index (χ2n) is 17.5. The van der Waals surface area contributed by atoms with Gasteiger partial charge in [0.05, 0.1) is 30.2 Å². The van der Waals surface area contributed by atoms with Crippen molar-refractivity contribution in [2.45, 2.75) is 98.1 Å². The molecule has 2 aromatic heterocycles. The summed E-state index contributed by atoms with van der Waals surface area (Å²) in [6.07, 6.45) is 1.89. The summed E-state index contributed by atoms with van der Waals surface area (Å²) in [5, 5.41) is 13.9. The van der Waals surface area contributed by atoms with E-state index in [1.54, 1.807) is 11.9 Å². The SMILES string of the molecule is Cc1cnn(C)c1-c1nc(-c2cccc(OC[C@H](CN(C)C(=O)OC(C)(C)C)O[Si](C)(C)C(C)(C)C)c2)nc(N2CC3(CCN(C(=O)O)CC3)C2)c1C. The van der Waals surface area contributed by atoms with E-state index in [4.69, 9.17) is 23.9 Å². The van der Waals surface area contributed by atoms with Gasteiger partial charge in [-0.05, 0) is 83.3 Å². The summed E-state index contributed by atoms with van der Waals surface area (Å²) < 4.78 is 20.7. The smallest absolute Gasteiger partial charge is 0.410 e. The normalized spacial score (nSPS) is 16.7. The lowest BCUT2D eigenvalue weighted by molar-refractivity contribution is 0.0172. The highest BCUT2D eigenvalue weighted by Gasteiger charge is 2.47. The van der Waals surface area contributed by atoms with Gasteiger partial charge in [-0.1, -0.05) is 32.9 Å². The summed E-state index contributed by atoms with van der Waals surface area (Å²) in [5.74, 6) is 2.09. The lowest BCUT2D eigenvalue weighted by atomic mass is 9.72. The predicted octanol–water partition coefficient (Wildman–Crippen LogP) is 7.38. The molecule has 0 saturated carbocycles. The molecule has 2 fully saturated rings. The monoisotopic (exact) mass is 749 g/mol. The Kier molecular flexibility index (Phi) is 11.3. The number of likely N-dealkylation sites (tertiary alicyclic amines) is 1. The molecule has 0 aliphatic carbocycles. The van der Waals surface area contributed by atoms with Crippen molar-refractivity contribution in [3.63, 3.8) is 0 Å². The lowest BCUT2D eigenvalue weighted by Crippen LogP contribution is -2.61. The highest BCUT2D eigenvalue weighted by molar-refractivity contribution is 6.74. The average molecular weight is 750 g/mol. The third-order valence-corrected chi connectivity index (χ3v) is 15.4. The van der Waals surface area contributed by atoms with Crippen molar-refractivity contribution in [2.75, 3.05) is 51.3 Å². The molecule has 0 bridgehead atoms. The first kappa shape index (κ1) is 40.0. The number of aromatic nitrogens is 4. The van der Waals surface area contributed by atoms with Gasteiger partial charge in [0.2, 0.25) is 0 Å². The Hall–Kier alpha value is -4.17. The molecule has 2 aliphatic rings. The van der Waals surface area contributed by atoms with Crippen LogP contribution in [0.25, 0.3) is 22.8 Å². The minimum absolute atomic E-state index is 0.0357. The molecule has 3 aromatic rings. The van der Waals surface area contributed by atoms with E-state index in [0.29, 0.717) is 31.2 Å². The van der Waals surface area contributed by atoms with Crippen LogP contribution in [-0.2, 0) is 16.2 Å². The van der Waals surface area contributed by atoms with Crippen LogP contribution >= 0.6 is 0 Å². The molecule has 1 aromatic carbocycles. The maximum absolute atomic E-state index is 12.9. The van der Waals surface area contributed by atoms with E-state index in [9.17, 15) is 14.7 Å². The second kappa shape index (κ2) is 14.9. The topological polar surface area (TPSA) is 135 Å². The number of rotatable bonds is 10. The third-order valence-electron chi connectivity index (χ3n) is 10.9. The molecular weight excluding hydrogens is 691 g/mol. The number of carboxylic acid groups (broad SMARTS) is 1. The maximum atomic E-state index is 12.9. The highest BCUT2D eigenvalue weighted by atomic mass is 28.4. The molecular formula is C39H59N7O6Si. The van der Waals surface area contributed by atoms with Crippen LogP contribution in [0.4, 0.5) is 15.4 Å². The molecule has 2 saturated heterocycles. The van der Waals surface area contributed by atoms with Crippen molar-refractivity contribution in [3.05, 3.63) is 41.6 Å². The molecule has 1 atom stereocenters. The minimum atomic E-state index is -2.22. The number of nitrogens with zero attached hydrogens (tertiary/aromatic N) is 7. The van der Waals surface area contributed by atoms with E-state index in [0.717, 1.165) is 59.8 Å². The second-order valence-corrected chi connectivity index (χ2v) is 22.2. The minimum Gasteiger partial charge on any atom is -0.491 e. The summed E-state index contributed by atoms with van der Waals surface area (Å²) in [4.78, 5) is 40.1. The van der Waals surface area contributed by atoms with Gasteiger partial charge in [0.25, 0.3) is 0 Å². The van der Waals surface area contributed by atoms with Gasteiger partial charge in [0.15, 0.2) is 14.1 Å². The summed E-state index contributed by atoms with van der Waals surface area (Å²) in [7, 11) is 1.43. The van der Waals surface area contributed by atoms with Crippen LogP contribution in [0.5, 0.6) is 5.75 Å². The number of hydrogen-bond donors (Lipinski definition) is 1. The Bertz CT molecular complexity index is 1780. The molecule has 1 N–H and O–H groups in total. The summed E-state index contributed by atoms with van der Waals surface area (Å²) >= 11 is 0. The molecule has 1 spiro atoms. The van der Waals surface area contributed by atoms with Gasteiger partial charge in [0.1, 0.15) is 23.8 Å². The summed E-state index contributed by atoms with van der Waals surface area (Å²) in [6, 6.07) is 7.79. The van der Waals surface area contributed by atoms with E-state index in [2.05, 4.69) is 50.8 Å². The van der Waals surface area contributed by atoms with Crippen molar-refractivity contribution in [2.24, 2.45) is 12.5 Å². The fraction of sp³-hybridized carbons (Fsp3) is 0.615. The Morgan fingerprint density at radius 3 is 2.28 bits per heavy atom. The van der Waals surface area contributed by atoms with Crippen LogP contribution in [0, 0.1) is 19.3 Å². The van der Waals surface area contributed by atoms with Gasteiger partial charge < -0.3 is 33.7 Å². The number of benzene rings is 1. The quantitative estimate of drug-likeness (QED) is 0.209. The largest absolute Gasteiger partial charge is 0.491 e. The molecule has 5 rings (SSSR count). The van der Waals surface area contributed by atoms with Gasteiger partial charge in [-0.25, -0.2) is 19.6 Å². The first-order valence-electron chi connectivity index (χ1n) is 18.5. The average Bonchev–Trinajstić information content (AvgIpc) is 3.38. The van der Waals surface area contributed by atoms with Gasteiger partial charge in [-0.3, -0.25) is 4.68 Å². The van der Waals surface area contributed by atoms with E-state index in [1.807, 2.05) is 69.9 Å². The molecule has 0 radical (unpaired) electrons. The van der Waals surface area contributed by atoms with Crippen molar-refractivity contribution >= 4 is 26.3 Å². The van der Waals surface area contributed by atoms with E-state index in [-0.39, 0.29) is 23.2 Å². The third kappa shape index (κ3) is 9.14. The fourth-order valence-electron chi connectivity index (χ4n) is 6.81. The van der Waals surface area contributed by atoms with Crippen LogP contribution in [0.15, 0.2) is 30.5 Å². The lowest BCUT2D eigenvalue weighted by Gasteiger charge is -2.54. The molecule has 14 heteroatoms. The van der Waals surface area contributed by atoms with Crippen molar-refractivity contribution in [1.82, 2.24) is 29.5 Å². The molecule has 4 heterocycles. The number of anilines is 1. The standard InChI is InChI=1S/C39H59N7O6Si/c1-26-21-40-44(10)32(26)31-27(2)34(46-24-39(25-46)16-18-45(19-17-39)35(47)48)42-33(41-31)28-14-13-15-29(20-28)50-23-30(52-53(11,12)38(6,7)8)22-43(9)36(49)51-37(3,4)5/h13-15,20-21,30H,16-19,22-25H2,1-12H3,(H,47,48)/t30-/m0/s1. The first-order chi connectivity index (χ1) is 24.6. The van der Waals surface area contributed by atoms with E-state index < -0.39 is 26.1 Å². The molecule has 2 aliphatic heterocycles. The number of hydrogen-bond acceptors (Lipinski definition) is 9. The predicted molar refractivity (Wildman–Crippen MR) is 209 cm³/mol. The van der Waals surface area contributed by atoms with Gasteiger partial charge in [0, 0.05) is 56.8 Å². The Labute approximate surface area is 315 Å². The number of likely N-dealkylation sites (N-methyl/N-ethyl adjacent to an activating group) is 1. The number of aryl methyl sites for hydroxylation is 2. The van der Waals surface area contributed by atoms with Crippen molar-refractivity contribution in [3.8, 4) is 28.5 Å². The Morgan fingerprint density at radius 2 is 1.72 bits per heavy atom. The van der Waals surface area contributed by atoms with E-state index >= 15 is 0 Å². The number of amides is 2. The zero-order valence-electron chi connectivity index (χ0n) is 33.7. The number of carbonyl (C=O) groups excluding carboxylic acids is 1. The van der Waals surface area contributed by atoms with Gasteiger partial charge >= 0.3 is 12.2 Å². The molecule has 13 nitrogen and oxygen atoms in total. The molecule has 290 valence electrons. The van der Waals surface area contributed by atoms with Crippen molar-refractivity contribution < 1.29 is 28.6 Å². The van der Waals surface area contributed by atoms with Gasteiger partial charge in [-0.2, -0.15) is 5.10 Å². The molecule has 2 amide bonds. The van der Waals surface area contributed by atoms with Crippen LogP contribution < -0.4 is 9.64 Å². The zero-order valence-corrected chi connectivity index (χ0v) is 34.7. The first-order valence-corrected chi connectivity index (χ1v) is 21.4. The summed E-state index contributed by atoms with van der Waals surface area (Å²) in [6.45, 7) is 23.9. The Morgan fingerprint density at radius 1 is 1.06 bits per heavy atom. The fourth-order valence-corrected chi connectivity index (χ4v) is 8.14. The number of piperidine rings is 1. The maximum Gasteiger partial charge on any atom is 0.410 e. The van der Waals surface area contributed by atoms with Crippen molar-refractivity contribution in [1.29, 1.82) is 0 Å². The van der Waals surface area contributed by atoms with E-state index in [1.165, 1.54) is 4.90 Å². The number of carbonyl (C=O) groups is 2. The molecule has 53 heavy (non-hydrogen) atoms. The Balaban J connectivity index is 1.41. The van der Waals surface area contributed by atoms with Crippen LogP contribution in [0.1, 0.15) is 65.5 Å². The highest BCUT2D eigenvalue weighted by Crippen LogP contribution is 2.44. The summed E-state index contributed by atoms with van der Waals surface area (Å²) in [5.41, 5.74) is 4.04. The number of ether oxygens (including phenoxy) is 2. The van der Waals surface area contributed by atoms with Gasteiger partial charge in [-0.15, -0.1) is 0 Å².